The molecule has 1 aromatic rings. The van der Waals surface area contributed by atoms with Gasteiger partial charge in [0, 0.05) is 6.42 Å². The van der Waals surface area contributed by atoms with E-state index in [0.717, 1.165) is 25.7 Å². The molecule has 1 saturated carbocycles. The zero-order valence-electron chi connectivity index (χ0n) is 14.4. The Morgan fingerprint density at radius 3 is 2.58 bits per heavy atom. The highest BCUT2D eigenvalue weighted by atomic mass is 35.5. The number of carbonyl (C=O) groups is 2. The fourth-order valence-corrected chi connectivity index (χ4v) is 3.29. The smallest absolute Gasteiger partial charge is 0.341 e. The van der Waals surface area contributed by atoms with Crippen LogP contribution in [0.15, 0.2) is 10.5 Å². The van der Waals surface area contributed by atoms with E-state index in [1.165, 1.54) is 13.5 Å². The van der Waals surface area contributed by atoms with E-state index in [2.05, 4.69) is 10.1 Å². The number of methoxy groups -OCH3 is 1. The molecule has 0 saturated heterocycles. The van der Waals surface area contributed by atoms with Crippen LogP contribution in [0.25, 0.3) is 0 Å². The number of nitrogens with one attached hydrogen (secondary N) is 1. The zero-order valence-corrected chi connectivity index (χ0v) is 15.2. The van der Waals surface area contributed by atoms with Crippen molar-refractivity contribution in [1.82, 2.24) is 5.32 Å². The standard InChI is InChI=1S/C17H26N2O4.ClH/c1-12-14(16(21)22-2)8-13(23-12)10-19-15(20)9-17(11-18)6-4-3-5-7-17;/h8H,3-7,9-11,18H2,1-2H3,(H,19,20);1H. The van der Waals surface area contributed by atoms with Crippen LogP contribution in [0.2, 0.25) is 0 Å². The first-order chi connectivity index (χ1) is 11.0. The summed E-state index contributed by atoms with van der Waals surface area (Å²) in [6.45, 7) is 2.51. The monoisotopic (exact) mass is 358 g/mol. The minimum absolute atomic E-state index is 0. The van der Waals surface area contributed by atoms with Crippen molar-refractivity contribution in [3.8, 4) is 0 Å². The highest BCUT2D eigenvalue weighted by molar-refractivity contribution is 5.90. The lowest BCUT2D eigenvalue weighted by molar-refractivity contribution is -0.124. The zero-order chi connectivity index (χ0) is 16.9. The van der Waals surface area contributed by atoms with Gasteiger partial charge in [0.1, 0.15) is 17.1 Å². The van der Waals surface area contributed by atoms with Crippen LogP contribution in [0.3, 0.4) is 0 Å². The fourth-order valence-electron chi connectivity index (χ4n) is 3.29. The average Bonchev–Trinajstić information content (AvgIpc) is 2.94. The molecular weight excluding hydrogens is 332 g/mol. The number of carbonyl (C=O) groups excluding carboxylic acids is 2. The molecule has 2 rings (SSSR count). The number of nitrogens with two attached hydrogens (primary N) is 1. The van der Waals surface area contributed by atoms with E-state index in [9.17, 15) is 9.59 Å². The van der Waals surface area contributed by atoms with Crippen molar-refractivity contribution in [2.24, 2.45) is 11.1 Å². The van der Waals surface area contributed by atoms with Gasteiger partial charge >= 0.3 is 5.97 Å². The van der Waals surface area contributed by atoms with E-state index in [4.69, 9.17) is 10.2 Å². The molecule has 0 bridgehead atoms. The van der Waals surface area contributed by atoms with Gasteiger partial charge in [-0.2, -0.15) is 0 Å². The van der Waals surface area contributed by atoms with Gasteiger partial charge in [0.2, 0.25) is 5.91 Å². The number of halogens is 1. The second-order valence-corrected chi connectivity index (χ2v) is 6.39. The van der Waals surface area contributed by atoms with E-state index >= 15 is 0 Å². The molecule has 0 spiro atoms. The summed E-state index contributed by atoms with van der Waals surface area (Å²) in [4.78, 5) is 23.8. The maximum Gasteiger partial charge on any atom is 0.341 e. The molecule has 24 heavy (non-hydrogen) atoms. The van der Waals surface area contributed by atoms with Crippen molar-refractivity contribution in [1.29, 1.82) is 0 Å². The van der Waals surface area contributed by atoms with E-state index in [1.807, 2.05) is 0 Å². The summed E-state index contributed by atoms with van der Waals surface area (Å²) in [6.07, 6.45) is 6.00. The van der Waals surface area contributed by atoms with Gasteiger partial charge in [0.15, 0.2) is 0 Å². The lowest BCUT2D eigenvalue weighted by atomic mass is 9.71. The molecule has 0 radical (unpaired) electrons. The summed E-state index contributed by atoms with van der Waals surface area (Å²) >= 11 is 0. The highest BCUT2D eigenvalue weighted by Gasteiger charge is 2.32. The summed E-state index contributed by atoms with van der Waals surface area (Å²) in [5, 5.41) is 2.86. The molecule has 0 aromatic carbocycles. The molecule has 1 amide bonds. The Morgan fingerprint density at radius 1 is 1.33 bits per heavy atom. The minimum Gasteiger partial charge on any atom is -0.465 e. The summed E-state index contributed by atoms with van der Waals surface area (Å²) in [6, 6.07) is 1.61. The molecule has 0 aliphatic heterocycles. The Morgan fingerprint density at radius 2 is 2.00 bits per heavy atom. The third-order valence-electron chi connectivity index (χ3n) is 4.72. The number of ether oxygens (including phenoxy) is 1. The molecule has 0 unspecified atom stereocenters. The third-order valence-corrected chi connectivity index (χ3v) is 4.72. The second kappa shape index (κ2) is 9.08. The number of hydrogen-bond acceptors (Lipinski definition) is 5. The van der Waals surface area contributed by atoms with E-state index < -0.39 is 5.97 Å². The number of amides is 1. The molecule has 0 atom stereocenters. The summed E-state index contributed by atoms with van der Waals surface area (Å²) in [7, 11) is 1.33. The first-order valence-electron chi connectivity index (χ1n) is 8.14. The normalized spacial score (nSPS) is 16.1. The van der Waals surface area contributed by atoms with Gasteiger partial charge in [0.25, 0.3) is 0 Å². The maximum atomic E-state index is 12.2. The van der Waals surface area contributed by atoms with Crippen LogP contribution in [0.1, 0.15) is 60.4 Å². The van der Waals surface area contributed by atoms with E-state index in [-0.39, 0.29) is 30.3 Å². The Hall–Kier alpha value is -1.53. The fraction of sp³-hybridized carbons (Fsp3) is 0.647. The summed E-state index contributed by atoms with van der Waals surface area (Å²) < 4.78 is 10.2. The first kappa shape index (κ1) is 20.5. The molecular formula is C17H27ClN2O4. The number of rotatable bonds is 6. The average molecular weight is 359 g/mol. The predicted molar refractivity (Wildman–Crippen MR) is 93.1 cm³/mol. The van der Waals surface area contributed by atoms with Gasteiger partial charge in [-0.15, -0.1) is 12.4 Å². The van der Waals surface area contributed by atoms with Crippen LogP contribution in [0, 0.1) is 12.3 Å². The summed E-state index contributed by atoms with van der Waals surface area (Å²) in [5.74, 6) is 0.577. The van der Waals surface area contributed by atoms with Crippen LogP contribution in [0.4, 0.5) is 0 Å². The van der Waals surface area contributed by atoms with E-state index in [1.54, 1.807) is 13.0 Å². The van der Waals surface area contributed by atoms with Crippen LogP contribution in [-0.4, -0.2) is 25.5 Å². The van der Waals surface area contributed by atoms with Crippen molar-refractivity contribution in [2.75, 3.05) is 13.7 Å². The topological polar surface area (TPSA) is 94.6 Å². The SMILES string of the molecule is COC(=O)c1cc(CNC(=O)CC2(CN)CCCCC2)oc1C.Cl. The number of esters is 1. The van der Waals surface area contributed by atoms with Crippen LogP contribution in [0.5, 0.6) is 0 Å². The maximum absolute atomic E-state index is 12.2. The van der Waals surface area contributed by atoms with E-state index in [0.29, 0.717) is 30.0 Å². The lowest BCUT2D eigenvalue weighted by Crippen LogP contribution is -2.38. The molecule has 1 aromatic heterocycles. The van der Waals surface area contributed by atoms with Crippen LogP contribution >= 0.6 is 12.4 Å². The van der Waals surface area contributed by atoms with Gasteiger partial charge in [-0.1, -0.05) is 19.3 Å². The van der Waals surface area contributed by atoms with Gasteiger partial charge in [-0.25, -0.2) is 4.79 Å². The van der Waals surface area contributed by atoms with Crippen molar-refractivity contribution in [3.05, 3.63) is 23.2 Å². The Labute approximate surface area is 148 Å². The molecule has 1 heterocycles. The number of hydrogen-bond donors (Lipinski definition) is 2. The third kappa shape index (κ3) is 4.98. The van der Waals surface area contributed by atoms with Crippen LogP contribution in [-0.2, 0) is 16.1 Å². The first-order valence-corrected chi connectivity index (χ1v) is 8.14. The second-order valence-electron chi connectivity index (χ2n) is 6.39. The molecule has 3 N–H and O–H groups in total. The largest absolute Gasteiger partial charge is 0.465 e. The molecule has 1 aliphatic carbocycles. The van der Waals surface area contributed by atoms with Gasteiger partial charge in [-0.3, -0.25) is 4.79 Å². The molecule has 6 nitrogen and oxygen atoms in total. The lowest BCUT2D eigenvalue weighted by Gasteiger charge is -2.35. The highest BCUT2D eigenvalue weighted by Crippen LogP contribution is 2.38. The predicted octanol–water partition coefficient (Wildman–Crippen LogP) is 2.71. The molecule has 1 aliphatic rings. The number of furan rings is 1. The molecule has 136 valence electrons. The molecule has 7 heteroatoms. The molecule has 1 fully saturated rings. The van der Waals surface area contributed by atoms with Crippen molar-refractivity contribution in [2.45, 2.75) is 52.0 Å². The number of aryl methyl sites for hydroxylation is 1. The van der Waals surface area contributed by atoms with Crippen molar-refractivity contribution in [3.63, 3.8) is 0 Å². The minimum atomic E-state index is -0.437. The van der Waals surface area contributed by atoms with Gasteiger partial charge in [-0.05, 0) is 37.8 Å². The van der Waals surface area contributed by atoms with Crippen molar-refractivity contribution < 1.29 is 18.7 Å². The quantitative estimate of drug-likeness (QED) is 0.762. The Balaban J connectivity index is 0.00000288. The van der Waals surface area contributed by atoms with Gasteiger partial charge in [0.05, 0.1) is 13.7 Å². The van der Waals surface area contributed by atoms with Gasteiger partial charge < -0.3 is 20.2 Å². The Kier molecular flexibility index (Phi) is 7.76. The van der Waals surface area contributed by atoms with Crippen LogP contribution < -0.4 is 11.1 Å². The summed E-state index contributed by atoms with van der Waals surface area (Å²) in [5.41, 5.74) is 6.25. The van der Waals surface area contributed by atoms with Crippen molar-refractivity contribution >= 4 is 24.3 Å². The Bertz CT molecular complexity index is 565.